The number of nitrogens with zero attached hydrogens (tertiary/aromatic N) is 1. The van der Waals surface area contributed by atoms with E-state index in [-0.39, 0.29) is 11.3 Å². The zero-order valence-corrected chi connectivity index (χ0v) is 16.5. The van der Waals surface area contributed by atoms with Crippen LogP contribution in [0.1, 0.15) is 34.5 Å². The summed E-state index contributed by atoms with van der Waals surface area (Å²) in [6.07, 6.45) is -4.85. The summed E-state index contributed by atoms with van der Waals surface area (Å²) in [7, 11) is 0. The van der Waals surface area contributed by atoms with Crippen LogP contribution in [0.5, 0.6) is 11.5 Å². The van der Waals surface area contributed by atoms with Gasteiger partial charge in [0, 0.05) is 16.6 Å². The van der Waals surface area contributed by atoms with Gasteiger partial charge in [-0.05, 0) is 61.9 Å². The summed E-state index contributed by atoms with van der Waals surface area (Å²) in [5.41, 5.74) is 1.40. The standard InChI is InChI=1S/C21H19F3N2O5/c1-11(19(29)25-10-27)18-12(2)26(17-8-5-14(28)9-16(17)18)20(30)13-3-6-15(7-4-13)31-21(22,23)24/h3-9,11,27-28H,10H2,1-2H3,(H,25,29). The highest BCUT2D eigenvalue weighted by Gasteiger charge is 2.31. The largest absolute Gasteiger partial charge is 0.573 e. The van der Waals surface area contributed by atoms with E-state index in [0.29, 0.717) is 22.2 Å². The Morgan fingerprint density at radius 1 is 1.16 bits per heavy atom. The monoisotopic (exact) mass is 436 g/mol. The lowest BCUT2D eigenvalue weighted by molar-refractivity contribution is -0.274. The van der Waals surface area contributed by atoms with E-state index in [2.05, 4.69) is 10.1 Å². The number of aromatic hydroxyl groups is 1. The maximum absolute atomic E-state index is 13.2. The Morgan fingerprint density at radius 3 is 2.39 bits per heavy atom. The minimum absolute atomic E-state index is 0.0678. The Morgan fingerprint density at radius 2 is 1.81 bits per heavy atom. The molecule has 1 unspecified atom stereocenters. The van der Waals surface area contributed by atoms with Crippen LogP contribution in [0, 0.1) is 6.92 Å². The Hall–Kier alpha value is -3.53. The van der Waals surface area contributed by atoms with Gasteiger partial charge in [-0.3, -0.25) is 14.2 Å². The molecule has 1 aromatic heterocycles. The predicted octanol–water partition coefficient (Wildman–Crippen LogP) is 3.41. The van der Waals surface area contributed by atoms with E-state index in [1.54, 1.807) is 13.8 Å². The van der Waals surface area contributed by atoms with Crippen molar-refractivity contribution in [3.05, 3.63) is 59.3 Å². The molecule has 0 aliphatic rings. The number of hydrogen-bond donors (Lipinski definition) is 3. The fourth-order valence-electron chi connectivity index (χ4n) is 3.53. The summed E-state index contributed by atoms with van der Waals surface area (Å²) in [6, 6.07) is 8.79. The van der Waals surface area contributed by atoms with Crippen molar-refractivity contribution < 1.29 is 37.7 Å². The first kappa shape index (κ1) is 22.2. The molecule has 1 amide bonds. The maximum Gasteiger partial charge on any atom is 0.573 e. The summed E-state index contributed by atoms with van der Waals surface area (Å²) >= 11 is 0. The SMILES string of the molecule is Cc1c(C(C)C(=O)NCO)c2cc(O)ccc2n1C(=O)c1ccc(OC(F)(F)F)cc1. The van der Waals surface area contributed by atoms with Crippen LogP contribution in [-0.4, -0.2) is 39.7 Å². The number of fused-ring (bicyclic) bond motifs is 1. The Bertz CT molecular complexity index is 1140. The van der Waals surface area contributed by atoms with E-state index in [0.717, 1.165) is 12.1 Å². The highest BCUT2D eigenvalue weighted by Crippen LogP contribution is 2.35. The molecular formula is C21H19F3N2O5. The number of halogens is 3. The molecule has 0 saturated carbocycles. The van der Waals surface area contributed by atoms with Gasteiger partial charge < -0.3 is 20.3 Å². The third kappa shape index (κ3) is 4.48. The molecule has 10 heteroatoms. The van der Waals surface area contributed by atoms with Gasteiger partial charge in [-0.25, -0.2) is 0 Å². The van der Waals surface area contributed by atoms with Gasteiger partial charge in [-0.15, -0.1) is 13.2 Å². The van der Waals surface area contributed by atoms with Gasteiger partial charge in [0.2, 0.25) is 5.91 Å². The highest BCUT2D eigenvalue weighted by atomic mass is 19.4. The third-order valence-electron chi connectivity index (χ3n) is 4.85. The van der Waals surface area contributed by atoms with Crippen molar-refractivity contribution in [3.8, 4) is 11.5 Å². The maximum atomic E-state index is 13.2. The van der Waals surface area contributed by atoms with Crippen LogP contribution in [0.3, 0.4) is 0 Å². The van der Waals surface area contributed by atoms with Crippen molar-refractivity contribution in [2.24, 2.45) is 0 Å². The average molecular weight is 436 g/mol. The summed E-state index contributed by atoms with van der Waals surface area (Å²) in [5.74, 6) is -2.30. The quantitative estimate of drug-likeness (QED) is 0.532. The number of nitrogens with one attached hydrogen (secondary N) is 1. The van der Waals surface area contributed by atoms with E-state index in [1.165, 1.54) is 34.9 Å². The minimum atomic E-state index is -4.85. The van der Waals surface area contributed by atoms with E-state index >= 15 is 0 Å². The van der Waals surface area contributed by atoms with Crippen LogP contribution in [0.4, 0.5) is 13.2 Å². The number of amides is 1. The Labute approximate surface area is 174 Å². The van der Waals surface area contributed by atoms with E-state index < -0.39 is 36.6 Å². The number of rotatable bonds is 5. The Kier molecular flexibility index (Phi) is 5.94. The number of phenols is 1. The lowest BCUT2D eigenvalue weighted by atomic mass is 9.97. The molecule has 0 fully saturated rings. The fourth-order valence-corrected chi connectivity index (χ4v) is 3.53. The highest BCUT2D eigenvalue weighted by molar-refractivity contribution is 6.05. The first-order valence-corrected chi connectivity index (χ1v) is 9.16. The van der Waals surface area contributed by atoms with Gasteiger partial charge in [-0.1, -0.05) is 0 Å². The van der Waals surface area contributed by atoms with Crippen molar-refractivity contribution in [1.29, 1.82) is 0 Å². The topological polar surface area (TPSA) is 101 Å². The number of aromatic nitrogens is 1. The average Bonchev–Trinajstić information content (AvgIpc) is 2.97. The molecule has 0 spiro atoms. The van der Waals surface area contributed by atoms with Crippen molar-refractivity contribution >= 4 is 22.7 Å². The first-order chi connectivity index (χ1) is 14.5. The lowest BCUT2D eigenvalue weighted by Gasteiger charge is -2.13. The van der Waals surface area contributed by atoms with E-state index in [4.69, 9.17) is 5.11 Å². The zero-order chi connectivity index (χ0) is 22.9. The molecule has 3 aromatic rings. The van der Waals surface area contributed by atoms with Crippen LogP contribution in [0.2, 0.25) is 0 Å². The van der Waals surface area contributed by atoms with Crippen LogP contribution >= 0.6 is 0 Å². The number of hydrogen-bond acceptors (Lipinski definition) is 5. The molecule has 7 nitrogen and oxygen atoms in total. The predicted molar refractivity (Wildman–Crippen MR) is 105 cm³/mol. The molecule has 31 heavy (non-hydrogen) atoms. The van der Waals surface area contributed by atoms with Crippen molar-refractivity contribution in [2.75, 3.05) is 6.73 Å². The van der Waals surface area contributed by atoms with Crippen LogP contribution in [0.15, 0.2) is 42.5 Å². The van der Waals surface area contributed by atoms with Crippen molar-refractivity contribution in [3.63, 3.8) is 0 Å². The van der Waals surface area contributed by atoms with E-state index in [1.807, 2.05) is 0 Å². The molecule has 0 bridgehead atoms. The van der Waals surface area contributed by atoms with Crippen LogP contribution < -0.4 is 10.1 Å². The van der Waals surface area contributed by atoms with Crippen molar-refractivity contribution in [1.82, 2.24) is 9.88 Å². The molecule has 0 aliphatic carbocycles. The molecular weight excluding hydrogens is 417 g/mol. The van der Waals surface area contributed by atoms with Gasteiger partial charge in [0.05, 0.1) is 11.4 Å². The zero-order valence-electron chi connectivity index (χ0n) is 16.5. The summed E-state index contributed by atoms with van der Waals surface area (Å²) < 4.78 is 42.2. The summed E-state index contributed by atoms with van der Waals surface area (Å²) in [5, 5.41) is 21.7. The second-order valence-electron chi connectivity index (χ2n) is 6.83. The Balaban J connectivity index is 2.09. The van der Waals surface area contributed by atoms with Crippen molar-refractivity contribution in [2.45, 2.75) is 26.1 Å². The summed E-state index contributed by atoms with van der Waals surface area (Å²) in [6.45, 7) is 2.65. The van der Waals surface area contributed by atoms with Crippen LogP contribution in [-0.2, 0) is 4.79 Å². The number of ether oxygens (including phenoxy) is 1. The molecule has 0 saturated heterocycles. The molecule has 164 valence electrons. The number of phenolic OH excluding ortho intramolecular Hbond substituents is 1. The minimum Gasteiger partial charge on any atom is -0.508 e. The molecule has 3 rings (SSSR count). The second kappa shape index (κ2) is 8.31. The van der Waals surface area contributed by atoms with E-state index in [9.17, 15) is 27.9 Å². The number of benzene rings is 2. The number of alkyl halides is 3. The van der Waals surface area contributed by atoms with Gasteiger partial charge in [-0.2, -0.15) is 0 Å². The molecule has 3 N–H and O–H groups in total. The molecule has 0 aliphatic heterocycles. The fraction of sp³-hybridized carbons (Fsp3) is 0.238. The molecule has 2 aromatic carbocycles. The third-order valence-corrected chi connectivity index (χ3v) is 4.85. The molecule has 1 heterocycles. The van der Waals surface area contributed by atoms with Gasteiger partial charge in [0.15, 0.2) is 0 Å². The number of aliphatic hydroxyl groups is 1. The lowest BCUT2D eigenvalue weighted by Crippen LogP contribution is -2.29. The van der Waals surface area contributed by atoms with Gasteiger partial charge in [0.25, 0.3) is 5.91 Å². The number of carbonyl (C=O) groups is 2. The summed E-state index contributed by atoms with van der Waals surface area (Å²) in [4.78, 5) is 25.5. The molecule has 1 atom stereocenters. The second-order valence-corrected chi connectivity index (χ2v) is 6.83. The number of carbonyl (C=O) groups excluding carboxylic acids is 2. The van der Waals surface area contributed by atoms with Gasteiger partial charge >= 0.3 is 6.36 Å². The normalized spacial score (nSPS) is 12.6. The smallest absolute Gasteiger partial charge is 0.508 e. The van der Waals surface area contributed by atoms with Crippen LogP contribution in [0.25, 0.3) is 10.9 Å². The van der Waals surface area contributed by atoms with Gasteiger partial charge in [0.1, 0.15) is 18.2 Å². The molecule has 0 radical (unpaired) electrons. The first-order valence-electron chi connectivity index (χ1n) is 9.16. The number of aliphatic hydroxyl groups excluding tert-OH is 1.